The first-order chi connectivity index (χ1) is 14.2. The zero-order valence-electron chi connectivity index (χ0n) is 17.5. The summed E-state index contributed by atoms with van der Waals surface area (Å²) in [4.78, 5) is 14.8. The molecule has 0 bridgehead atoms. The van der Waals surface area contributed by atoms with Gasteiger partial charge in [-0.25, -0.2) is 0 Å². The Morgan fingerprint density at radius 2 is 2.00 bits per heavy atom. The topological polar surface area (TPSA) is 59.4 Å². The average Bonchev–Trinajstić information content (AvgIpc) is 3.40. The molecule has 0 unspecified atom stereocenters. The lowest BCUT2D eigenvalue weighted by Crippen LogP contribution is -2.23. The largest absolute Gasteiger partial charge is 0.376 e. The van der Waals surface area contributed by atoms with E-state index >= 15 is 0 Å². The minimum Gasteiger partial charge on any atom is -0.376 e. The molecule has 0 saturated carbocycles. The van der Waals surface area contributed by atoms with Gasteiger partial charge >= 0.3 is 0 Å². The van der Waals surface area contributed by atoms with Gasteiger partial charge in [-0.05, 0) is 37.0 Å². The minimum atomic E-state index is 0.0733. The molecule has 6 heteroatoms. The molecule has 2 aliphatic heterocycles. The summed E-state index contributed by atoms with van der Waals surface area (Å²) >= 11 is 0. The van der Waals surface area contributed by atoms with Crippen LogP contribution < -0.4 is 10.2 Å². The zero-order valence-corrected chi connectivity index (χ0v) is 17.5. The maximum atomic E-state index is 12.4. The summed E-state index contributed by atoms with van der Waals surface area (Å²) in [6, 6.07) is 8.57. The second-order valence-corrected chi connectivity index (χ2v) is 8.04. The Hall–Kier alpha value is -2.34. The van der Waals surface area contributed by atoms with E-state index in [1.54, 1.807) is 0 Å². The quantitative estimate of drug-likeness (QED) is 0.744. The second-order valence-electron chi connectivity index (χ2n) is 8.04. The van der Waals surface area contributed by atoms with Crippen molar-refractivity contribution in [1.82, 2.24) is 15.1 Å². The van der Waals surface area contributed by atoms with Crippen LogP contribution in [-0.2, 0) is 42.1 Å². The first kappa shape index (κ1) is 20.0. The lowest BCUT2D eigenvalue weighted by molar-refractivity contribution is -0.121. The molecule has 1 saturated heterocycles. The number of rotatable bonds is 8. The van der Waals surface area contributed by atoms with Crippen LogP contribution in [-0.4, -0.2) is 35.4 Å². The summed E-state index contributed by atoms with van der Waals surface area (Å²) in [5, 5.41) is 7.82. The van der Waals surface area contributed by atoms with E-state index < -0.39 is 0 Å². The molecule has 29 heavy (non-hydrogen) atoms. The highest BCUT2D eigenvalue weighted by Crippen LogP contribution is 2.23. The molecule has 2 aliphatic rings. The monoisotopic (exact) mass is 396 g/mol. The van der Waals surface area contributed by atoms with Crippen molar-refractivity contribution >= 4 is 11.6 Å². The van der Waals surface area contributed by atoms with E-state index in [9.17, 15) is 4.79 Å². The highest BCUT2D eigenvalue weighted by molar-refractivity contribution is 5.76. The van der Waals surface area contributed by atoms with Crippen molar-refractivity contribution in [2.45, 2.75) is 65.1 Å². The molecule has 4 rings (SSSR count). The van der Waals surface area contributed by atoms with Crippen LogP contribution in [0.25, 0.3) is 0 Å². The van der Waals surface area contributed by atoms with E-state index in [1.807, 2.05) is 0 Å². The number of anilines is 1. The van der Waals surface area contributed by atoms with Crippen molar-refractivity contribution in [3.63, 3.8) is 0 Å². The van der Waals surface area contributed by atoms with Gasteiger partial charge in [0, 0.05) is 62.4 Å². The van der Waals surface area contributed by atoms with Gasteiger partial charge in [-0.3, -0.25) is 9.48 Å². The van der Waals surface area contributed by atoms with Crippen LogP contribution in [0, 0.1) is 0 Å². The number of hydrogen-bond acceptors (Lipinski definition) is 4. The number of amides is 1. The third kappa shape index (κ3) is 4.81. The standard InChI is InChI=1S/C23H32N4O2/c1-2-12-27-22-11-15-29-17-20(22)21(25-27)9-10-23(28)24-16-18-5-7-19(8-6-18)26-13-3-4-14-26/h5-8H,2-4,9-17H2,1H3,(H,24,28). The summed E-state index contributed by atoms with van der Waals surface area (Å²) in [5.74, 6) is 0.0733. The molecule has 0 radical (unpaired) electrons. The predicted octanol–water partition coefficient (Wildman–Crippen LogP) is 3.22. The van der Waals surface area contributed by atoms with Crippen LogP contribution in [0.15, 0.2) is 24.3 Å². The van der Waals surface area contributed by atoms with E-state index in [1.165, 1.54) is 29.8 Å². The van der Waals surface area contributed by atoms with E-state index in [0.29, 0.717) is 26.0 Å². The second kappa shape index (κ2) is 9.44. The Bertz CT molecular complexity index is 822. The number of nitrogens with zero attached hydrogens (tertiary/aromatic N) is 3. The van der Waals surface area contributed by atoms with Gasteiger partial charge in [0.2, 0.25) is 5.91 Å². The number of carbonyl (C=O) groups excluding carboxylic acids is 1. The average molecular weight is 397 g/mol. The van der Waals surface area contributed by atoms with Gasteiger partial charge in [0.05, 0.1) is 18.9 Å². The van der Waals surface area contributed by atoms with Crippen molar-refractivity contribution < 1.29 is 9.53 Å². The van der Waals surface area contributed by atoms with Gasteiger partial charge < -0.3 is 15.0 Å². The van der Waals surface area contributed by atoms with Gasteiger partial charge in [0.1, 0.15) is 0 Å². The van der Waals surface area contributed by atoms with Crippen LogP contribution in [0.5, 0.6) is 0 Å². The molecule has 6 nitrogen and oxygen atoms in total. The number of fused-ring (bicyclic) bond motifs is 1. The highest BCUT2D eigenvalue weighted by Gasteiger charge is 2.21. The maximum Gasteiger partial charge on any atom is 0.220 e. The molecule has 0 aliphatic carbocycles. The summed E-state index contributed by atoms with van der Waals surface area (Å²) in [6.07, 6.45) is 5.67. The van der Waals surface area contributed by atoms with Crippen molar-refractivity contribution in [2.24, 2.45) is 0 Å². The summed E-state index contributed by atoms with van der Waals surface area (Å²) in [5.41, 5.74) is 5.95. The molecule has 1 amide bonds. The fraction of sp³-hybridized carbons (Fsp3) is 0.565. The lowest BCUT2D eigenvalue weighted by atomic mass is 10.1. The van der Waals surface area contributed by atoms with E-state index in [2.05, 4.69) is 46.1 Å². The number of carbonyl (C=O) groups is 1. The van der Waals surface area contributed by atoms with Gasteiger partial charge in [0.15, 0.2) is 0 Å². The Morgan fingerprint density at radius 3 is 2.76 bits per heavy atom. The molecular weight excluding hydrogens is 364 g/mol. The Morgan fingerprint density at radius 1 is 1.21 bits per heavy atom. The Balaban J connectivity index is 1.28. The van der Waals surface area contributed by atoms with Crippen LogP contribution in [0.4, 0.5) is 5.69 Å². The molecule has 0 spiro atoms. The SMILES string of the molecule is CCCn1nc(CCC(=O)NCc2ccc(N3CCCC3)cc2)c2c1CCOC2. The van der Waals surface area contributed by atoms with Gasteiger partial charge in [-0.2, -0.15) is 5.10 Å². The fourth-order valence-corrected chi connectivity index (χ4v) is 4.30. The van der Waals surface area contributed by atoms with E-state index in [-0.39, 0.29) is 5.91 Å². The predicted molar refractivity (Wildman–Crippen MR) is 114 cm³/mol. The number of hydrogen-bond donors (Lipinski definition) is 1. The Labute approximate surface area is 173 Å². The van der Waals surface area contributed by atoms with E-state index in [4.69, 9.17) is 9.84 Å². The third-order valence-electron chi connectivity index (χ3n) is 5.90. The first-order valence-corrected chi connectivity index (χ1v) is 11.0. The zero-order chi connectivity index (χ0) is 20.1. The lowest BCUT2D eigenvalue weighted by Gasteiger charge is -2.17. The van der Waals surface area contributed by atoms with Crippen molar-refractivity contribution in [1.29, 1.82) is 0 Å². The molecule has 1 fully saturated rings. The first-order valence-electron chi connectivity index (χ1n) is 11.0. The van der Waals surface area contributed by atoms with Crippen LogP contribution in [0.1, 0.15) is 55.1 Å². The number of aromatic nitrogens is 2. The molecule has 1 N–H and O–H groups in total. The van der Waals surface area contributed by atoms with Gasteiger partial charge in [-0.15, -0.1) is 0 Å². The summed E-state index contributed by atoms with van der Waals surface area (Å²) in [7, 11) is 0. The van der Waals surface area contributed by atoms with Gasteiger partial charge in [-0.1, -0.05) is 19.1 Å². The number of ether oxygens (including phenoxy) is 1. The van der Waals surface area contributed by atoms with Crippen molar-refractivity contribution in [2.75, 3.05) is 24.6 Å². The molecule has 2 aromatic rings. The molecule has 1 aromatic heterocycles. The number of benzene rings is 1. The molecule has 0 atom stereocenters. The van der Waals surface area contributed by atoms with Crippen molar-refractivity contribution in [3.8, 4) is 0 Å². The molecule has 1 aromatic carbocycles. The summed E-state index contributed by atoms with van der Waals surface area (Å²) in [6.45, 7) is 7.36. The smallest absolute Gasteiger partial charge is 0.220 e. The number of nitrogens with one attached hydrogen (secondary N) is 1. The van der Waals surface area contributed by atoms with Crippen LogP contribution in [0.3, 0.4) is 0 Å². The van der Waals surface area contributed by atoms with Gasteiger partial charge in [0.25, 0.3) is 0 Å². The minimum absolute atomic E-state index is 0.0733. The van der Waals surface area contributed by atoms with E-state index in [0.717, 1.165) is 50.3 Å². The summed E-state index contributed by atoms with van der Waals surface area (Å²) < 4.78 is 7.75. The highest BCUT2D eigenvalue weighted by atomic mass is 16.5. The normalized spacial score (nSPS) is 16.1. The Kier molecular flexibility index (Phi) is 6.49. The maximum absolute atomic E-state index is 12.4. The van der Waals surface area contributed by atoms with Crippen LogP contribution >= 0.6 is 0 Å². The van der Waals surface area contributed by atoms with Crippen LogP contribution in [0.2, 0.25) is 0 Å². The molecule has 3 heterocycles. The molecular formula is C23H32N4O2. The number of aryl methyl sites for hydroxylation is 2. The van der Waals surface area contributed by atoms with Crippen molar-refractivity contribution in [3.05, 3.63) is 46.8 Å². The fourth-order valence-electron chi connectivity index (χ4n) is 4.30. The molecule has 156 valence electrons. The third-order valence-corrected chi connectivity index (χ3v) is 5.90.